The Kier molecular flexibility index (Phi) is 8.01. The van der Waals surface area contributed by atoms with Gasteiger partial charge in [0.15, 0.2) is 6.61 Å². The fourth-order valence-electron chi connectivity index (χ4n) is 2.48. The molecule has 0 saturated carbocycles. The Morgan fingerprint density at radius 1 is 1.14 bits per heavy atom. The first-order chi connectivity index (χ1) is 13.9. The molecule has 0 fully saturated rings. The first kappa shape index (κ1) is 21.7. The SMILES string of the molecule is CCOC(=O)C1=C(COC(=O)CNC(=O)COc2ccccc2)NC(=O)NC1C. The van der Waals surface area contributed by atoms with Gasteiger partial charge in [0.2, 0.25) is 0 Å². The molecule has 1 heterocycles. The van der Waals surface area contributed by atoms with Crippen molar-refractivity contribution in [2.45, 2.75) is 19.9 Å². The standard InChI is InChI=1S/C19H23N3O7/c1-3-27-18(25)17-12(2)21-19(26)22-14(17)10-29-16(24)9-20-15(23)11-28-13-7-5-4-6-8-13/h4-8,12H,3,9-11H2,1-2H3,(H,20,23)(H2,21,22,26). The highest BCUT2D eigenvalue weighted by Crippen LogP contribution is 2.14. The van der Waals surface area contributed by atoms with E-state index in [-0.39, 0.29) is 37.6 Å². The molecular formula is C19H23N3O7. The molecule has 1 aromatic carbocycles. The summed E-state index contributed by atoms with van der Waals surface area (Å²) >= 11 is 0. The van der Waals surface area contributed by atoms with Crippen molar-refractivity contribution in [2.75, 3.05) is 26.4 Å². The van der Waals surface area contributed by atoms with E-state index in [0.29, 0.717) is 5.75 Å². The lowest BCUT2D eigenvalue weighted by atomic mass is 10.0. The van der Waals surface area contributed by atoms with Gasteiger partial charge < -0.3 is 30.2 Å². The molecule has 3 amide bonds. The number of amides is 3. The Bertz CT molecular complexity index is 792. The van der Waals surface area contributed by atoms with E-state index < -0.39 is 29.9 Å². The monoisotopic (exact) mass is 405 g/mol. The van der Waals surface area contributed by atoms with Gasteiger partial charge in [0.1, 0.15) is 18.9 Å². The van der Waals surface area contributed by atoms with E-state index >= 15 is 0 Å². The third-order valence-electron chi connectivity index (χ3n) is 3.79. The van der Waals surface area contributed by atoms with Crippen LogP contribution < -0.4 is 20.7 Å². The van der Waals surface area contributed by atoms with Crippen LogP contribution in [0.1, 0.15) is 13.8 Å². The Labute approximate surface area is 167 Å². The number of hydrogen-bond acceptors (Lipinski definition) is 7. The van der Waals surface area contributed by atoms with Crippen LogP contribution in [0.15, 0.2) is 41.6 Å². The molecule has 0 aromatic heterocycles. The highest BCUT2D eigenvalue weighted by atomic mass is 16.5. The quantitative estimate of drug-likeness (QED) is 0.502. The van der Waals surface area contributed by atoms with Gasteiger partial charge in [-0.3, -0.25) is 9.59 Å². The van der Waals surface area contributed by atoms with Crippen molar-refractivity contribution in [3.63, 3.8) is 0 Å². The van der Waals surface area contributed by atoms with Crippen LogP contribution >= 0.6 is 0 Å². The summed E-state index contributed by atoms with van der Waals surface area (Å²) in [5, 5.41) is 7.34. The average Bonchev–Trinajstić information content (AvgIpc) is 2.69. The summed E-state index contributed by atoms with van der Waals surface area (Å²) in [7, 11) is 0. The summed E-state index contributed by atoms with van der Waals surface area (Å²) in [6.07, 6.45) is 0. The largest absolute Gasteiger partial charge is 0.484 e. The zero-order valence-corrected chi connectivity index (χ0v) is 16.2. The van der Waals surface area contributed by atoms with Crippen LogP contribution in [0, 0.1) is 0 Å². The Morgan fingerprint density at radius 2 is 1.86 bits per heavy atom. The van der Waals surface area contributed by atoms with Crippen molar-refractivity contribution in [3.8, 4) is 5.75 Å². The molecule has 0 aliphatic carbocycles. The summed E-state index contributed by atoms with van der Waals surface area (Å²) in [5.41, 5.74) is 0.298. The Morgan fingerprint density at radius 3 is 2.55 bits per heavy atom. The van der Waals surface area contributed by atoms with Crippen LogP contribution in [0.3, 0.4) is 0 Å². The van der Waals surface area contributed by atoms with E-state index in [1.807, 2.05) is 6.07 Å². The van der Waals surface area contributed by atoms with Gasteiger partial charge in [-0.15, -0.1) is 0 Å². The number of rotatable bonds is 9. The van der Waals surface area contributed by atoms with Gasteiger partial charge in [0, 0.05) is 0 Å². The number of para-hydroxylation sites is 1. The van der Waals surface area contributed by atoms with E-state index in [0.717, 1.165) is 0 Å². The lowest BCUT2D eigenvalue weighted by molar-refractivity contribution is -0.144. The van der Waals surface area contributed by atoms with Crippen molar-refractivity contribution in [3.05, 3.63) is 41.6 Å². The van der Waals surface area contributed by atoms with Gasteiger partial charge >= 0.3 is 18.0 Å². The average molecular weight is 405 g/mol. The second-order valence-electron chi connectivity index (χ2n) is 5.97. The molecule has 156 valence electrons. The summed E-state index contributed by atoms with van der Waals surface area (Å²) in [5.74, 6) is -1.33. The van der Waals surface area contributed by atoms with Crippen LogP contribution in [-0.4, -0.2) is 56.3 Å². The molecule has 0 spiro atoms. The Balaban J connectivity index is 1.83. The molecule has 1 aromatic rings. The number of hydrogen-bond donors (Lipinski definition) is 3. The summed E-state index contributed by atoms with van der Waals surface area (Å²) in [6, 6.07) is 7.62. The highest BCUT2D eigenvalue weighted by molar-refractivity contribution is 5.94. The van der Waals surface area contributed by atoms with E-state index in [4.69, 9.17) is 14.2 Å². The normalized spacial score (nSPS) is 15.7. The summed E-state index contributed by atoms with van der Waals surface area (Å²) < 4.78 is 15.3. The molecule has 3 N–H and O–H groups in total. The van der Waals surface area contributed by atoms with Gasteiger partial charge in [-0.05, 0) is 26.0 Å². The second kappa shape index (κ2) is 10.7. The van der Waals surface area contributed by atoms with Crippen LogP contribution in [0.4, 0.5) is 4.79 Å². The molecule has 1 aliphatic heterocycles. The molecule has 0 saturated heterocycles. The molecule has 0 radical (unpaired) electrons. The smallest absolute Gasteiger partial charge is 0.338 e. The molecular weight excluding hydrogens is 382 g/mol. The number of benzene rings is 1. The summed E-state index contributed by atoms with van der Waals surface area (Å²) in [4.78, 5) is 47.4. The third-order valence-corrected chi connectivity index (χ3v) is 3.79. The van der Waals surface area contributed by atoms with Crippen molar-refractivity contribution in [2.24, 2.45) is 0 Å². The molecule has 2 rings (SSSR count). The van der Waals surface area contributed by atoms with Crippen molar-refractivity contribution in [1.29, 1.82) is 0 Å². The third kappa shape index (κ3) is 6.83. The van der Waals surface area contributed by atoms with E-state index in [1.54, 1.807) is 38.1 Å². The predicted octanol–water partition coefficient (Wildman–Crippen LogP) is 0.243. The number of carbonyl (C=O) groups is 4. The molecule has 1 aliphatic rings. The molecule has 10 heteroatoms. The summed E-state index contributed by atoms with van der Waals surface area (Å²) in [6.45, 7) is 2.44. The fourth-order valence-corrected chi connectivity index (χ4v) is 2.48. The second-order valence-corrected chi connectivity index (χ2v) is 5.97. The number of nitrogens with one attached hydrogen (secondary N) is 3. The van der Waals surface area contributed by atoms with E-state index in [1.165, 1.54) is 0 Å². The minimum atomic E-state index is -0.741. The van der Waals surface area contributed by atoms with Crippen LogP contribution in [0.25, 0.3) is 0 Å². The van der Waals surface area contributed by atoms with Gasteiger partial charge in [-0.2, -0.15) is 0 Å². The van der Waals surface area contributed by atoms with Crippen LogP contribution in [-0.2, 0) is 23.9 Å². The van der Waals surface area contributed by atoms with Gasteiger partial charge in [-0.1, -0.05) is 18.2 Å². The molecule has 29 heavy (non-hydrogen) atoms. The molecule has 10 nitrogen and oxygen atoms in total. The van der Waals surface area contributed by atoms with Gasteiger partial charge in [-0.25, -0.2) is 9.59 Å². The number of esters is 2. The highest BCUT2D eigenvalue weighted by Gasteiger charge is 2.30. The number of ether oxygens (including phenoxy) is 3. The maximum Gasteiger partial charge on any atom is 0.338 e. The van der Waals surface area contributed by atoms with Crippen LogP contribution in [0.2, 0.25) is 0 Å². The van der Waals surface area contributed by atoms with E-state index in [9.17, 15) is 19.2 Å². The van der Waals surface area contributed by atoms with E-state index in [2.05, 4.69) is 16.0 Å². The van der Waals surface area contributed by atoms with Gasteiger partial charge in [0.25, 0.3) is 5.91 Å². The molecule has 1 atom stereocenters. The topological polar surface area (TPSA) is 132 Å². The number of urea groups is 1. The number of carbonyl (C=O) groups excluding carboxylic acids is 4. The zero-order valence-electron chi connectivity index (χ0n) is 16.2. The van der Waals surface area contributed by atoms with Crippen molar-refractivity contribution >= 4 is 23.9 Å². The van der Waals surface area contributed by atoms with Gasteiger partial charge in [0.05, 0.1) is 23.9 Å². The molecule has 0 bridgehead atoms. The fraction of sp³-hybridized carbons (Fsp3) is 0.368. The molecule has 1 unspecified atom stereocenters. The zero-order chi connectivity index (χ0) is 21.2. The minimum Gasteiger partial charge on any atom is -0.484 e. The first-order valence-corrected chi connectivity index (χ1v) is 8.98. The van der Waals surface area contributed by atoms with Crippen molar-refractivity contribution in [1.82, 2.24) is 16.0 Å². The first-order valence-electron chi connectivity index (χ1n) is 8.98. The Hall–Kier alpha value is -3.56. The van der Waals surface area contributed by atoms with Crippen molar-refractivity contribution < 1.29 is 33.4 Å². The van der Waals surface area contributed by atoms with Crippen LogP contribution in [0.5, 0.6) is 5.75 Å². The maximum atomic E-state index is 12.1. The lowest BCUT2D eigenvalue weighted by Gasteiger charge is -2.26. The predicted molar refractivity (Wildman–Crippen MR) is 101 cm³/mol. The maximum absolute atomic E-state index is 12.1. The minimum absolute atomic E-state index is 0.131. The lowest BCUT2D eigenvalue weighted by Crippen LogP contribution is -2.50.